The number of piperazine rings is 1. The van der Waals surface area contributed by atoms with Gasteiger partial charge in [0.1, 0.15) is 11.9 Å². The molecular formula is C32H39ClN8O3. The average molecular weight is 619 g/mol. The number of hydrogen-bond acceptors (Lipinski definition) is 9. The van der Waals surface area contributed by atoms with Crippen molar-refractivity contribution >= 4 is 35.2 Å². The summed E-state index contributed by atoms with van der Waals surface area (Å²) in [6, 6.07) is 8.95. The Kier molecular flexibility index (Phi) is 8.97. The van der Waals surface area contributed by atoms with Gasteiger partial charge in [-0.1, -0.05) is 23.7 Å². The SMILES string of the molecule is C[C@H](NC(=O)[C@@H](C)N1Cc2ccc(-c3nc(NC4CCOCC4)ncc3Cl)cc2C1=O)c1ccnc(N2CCN(C)CC2)c1. The van der Waals surface area contributed by atoms with Gasteiger partial charge in [0.25, 0.3) is 5.91 Å². The second kappa shape index (κ2) is 13.1. The highest BCUT2D eigenvalue weighted by Crippen LogP contribution is 2.32. The van der Waals surface area contributed by atoms with Crippen LogP contribution in [0.2, 0.25) is 5.02 Å². The standard InChI is InChI=1S/C32H39ClN8O3/c1-20(22-6-9-34-28(17-22)40-12-10-39(3)11-13-40)36-30(42)21(2)41-19-24-5-4-23(16-26(24)31(41)43)29-27(33)18-35-32(38-29)37-25-7-14-44-15-8-25/h4-6,9,16-18,20-21,25H,7-8,10-15,19H2,1-3H3,(H,36,42)(H,35,37,38)/t20-,21+/m0/s1. The van der Waals surface area contributed by atoms with Gasteiger partial charge >= 0.3 is 0 Å². The Morgan fingerprint density at radius 3 is 2.61 bits per heavy atom. The maximum Gasteiger partial charge on any atom is 0.255 e. The highest BCUT2D eigenvalue weighted by Gasteiger charge is 2.35. The summed E-state index contributed by atoms with van der Waals surface area (Å²) < 4.78 is 5.44. The maximum atomic E-state index is 13.6. The molecule has 2 aromatic heterocycles. The highest BCUT2D eigenvalue weighted by atomic mass is 35.5. The first-order chi connectivity index (χ1) is 21.3. The van der Waals surface area contributed by atoms with Gasteiger partial charge in [-0.15, -0.1) is 0 Å². The molecule has 11 nitrogen and oxygen atoms in total. The number of anilines is 2. The van der Waals surface area contributed by atoms with Gasteiger partial charge in [0.05, 0.1) is 23.0 Å². The number of carbonyl (C=O) groups excluding carboxylic acids is 2. The molecule has 2 fully saturated rings. The number of rotatable bonds is 8. The lowest BCUT2D eigenvalue weighted by Crippen LogP contribution is -2.46. The lowest BCUT2D eigenvalue weighted by molar-refractivity contribution is -0.125. The Balaban J connectivity index is 1.12. The molecule has 0 aliphatic carbocycles. The van der Waals surface area contributed by atoms with Crippen LogP contribution in [0.25, 0.3) is 11.3 Å². The molecule has 2 atom stereocenters. The summed E-state index contributed by atoms with van der Waals surface area (Å²) in [4.78, 5) is 46.7. The van der Waals surface area contributed by atoms with Crippen LogP contribution in [0.15, 0.2) is 42.7 Å². The minimum absolute atomic E-state index is 0.191. The van der Waals surface area contributed by atoms with Crippen molar-refractivity contribution in [3.63, 3.8) is 0 Å². The fraction of sp³-hybridized carbons (Fsp3) is 0.469. The summed E-state index contributed by atoms with van der Waals surface area (Å²) in [6.45, 7) is 9.31. The summed E-state index contributed by atoms with van der Waals surface area (Å²) in [5.41, 5.74) is 3.67. The molecular weight excluding hydrogens is 580 g/mol. The fourth-order valence-corrected chi connectivity index (χ4v) is 6.12. The second-order valence-corrected chi connectivity index (χ2v) is 12.3. The summed E-state index contributed by atoms with van der Waals surface area (Å²) in [7, 11) is 2.12. The number of benzene rings is 1. The Morgan fingerprint density at radius 1 is 1.07 bits per heavy atom. The predicted octanol–water partition coefficient (Wildman–Crippen LogP) is 3.76. The quantitative estimate of drug-likeness (QED) is 0.389. The van der Waals surface area contributed by atoms with E-state index in [2.05, 4.69) is 42.4 Å². The number of hydrogen-bond donors (Lipinski definition) is 2. The number of nitrogens with zero attached hydrogens (tertiary/aromatic N) is 6. The first-order valence-electron chi connectivity index (χ1n) is 15.3. The third-order valence-electron chi connectivity index (χ3n) is 8.82. The van der Waals surface area contributed by atoms with Crippen molar-refractivity contribution in [2.24, 2.45) is 0 Å². The molecule has 1 aromatic carbocycles. The van der Waals surface area contributed by atoms with Crippen LogP contribution in [0, 0.1) is 0 Å². The van der Waals surface area contributed by atoms with Crippen molar-refractivity contribution in [3.05, 3.63) is 64.4 Å². The van der Waals surface area contributed by atoms with Gasteiger partial charge in [0.15, 0.2) is 0 Å². The van der Waals surface area contributed by atoms with Crippen LogP contribution in [0.3, 0.4) is 0 Å². The molecule has 0 radical (unpaired) electrons. The largest absolute Gasteiger partial charge is 0.381 e. The molecule has 3 aliphatic heterocycles. The lowest BCUT2D eigenvalue weighted by atomic mass is 10.0. The molecule has 232 valence electrons. The average Bonchev–Trinajstić information content (AvgIpc) is 3.37. The maximum absolute atomic E-state index is 13.6. The molecule has 2 saturated heterocycles. The third-order valence-corrected chi connectivity index (χ3v) is 9.09. The van der Waals surface area contributed by atoms with E-state index in [1.807, 2.05) is 37.3 Å². The smallest absolute Gasteiger partial charge is 0.255 e. The van der Waals surface area contributed by atoms with Crippen LogP contribution in [0.1, 0.15) is 54.2 Å². The van der Waals surface area contributed by atoms with E-state index in [-0.39, 0.29) is 23.9 Å². The van der Waals surface area contributed by atoms with Crippen molar-refractivity contribution in [3.8, 4) is 11.3 Å². The van der Waals surface area contributed by atoms with Gasteiger partial charge < -0.3 is 30.1 Å². The van der Waals surface area contributed by atoms with Crippen LogP contribution in [0.4, 0.5) is 11.8 Å². The van der Waals surface area contributed by atoms with Crippen LogP contribution in [-0.4, -0.2) is 95.1 Å². The van der Waals surface area contributed by atoms with Gasteiger partial charge in [-0.05, 0) is 63.1 Å². The molecule has 0 spiro atoms. The molecule has 0 bridgehead atoms. The van der Waals surface area contributed by atoms with Gasteiger partial charge in [-0.2, -0.15) is 0 Å². The van der Waals surface area contributed by atoms with E-state index in [9.17, 15) is 9.59 Å². The van der Waals surface area contributed by atoms with Crippen LogP contribution >= 0.6 is 11.6 Å². The first kappa shape index (κ1) is 30.2. The Labute approximate surface area is 263 Å². The van der Waals surface area contributed by atoms with E-state index in [0.717, 1.165) is 61.5 Å². The molecule has 12 heteroatoms. The monoisotopic (exact) mass is 618 g/mol. The number of carbonyl (C=O) groups is 2. The highest BCUT2D eigenvalue weighted by molar-refractivity contribution is 6.33. The van der Waals surface area contributed by atoms with E-state index in [1.54, 1.807) is 24.2 Å². The zero-order valence-electron chi connectivity index (χ0n) is 25.4. The number of aromatic nitrogens is 3. The normalized spacial score (nSPS) is 19.0. The molecule has 6 rings (SSSR count). The number of amides is 2. The molecule has 5 heterocycles. The summed E-state index contributed by atoms with van der Waals surface area (Å²) in [5, 5.41) is 6.88. The van der Waals surface area contributed by atoms with Gasteiger partial charge in [-0.25, -0.2) is 15.0 Å². The molecule has 2 amide bonds. The molecule has 3 aromatic rings. The van der Waals surface area contributed by atoms with E-state index >= 15 is 0 Å². The molecule has 0 unspecified atom stereocenters. The number of nitrogens with one attached hydrogen (secondary N) is 2. The number of pyridine rings is 1. The van der Waals surface area contributed by atoms with E-state index < -0.39 is 6.04 Å². The molecule has 3 aliphatic rings. The Hall–Kier alpha value is -3.80. The summed E-state index contributed by atoms with van der Waals surface area (Å²) in [6.07, 6.45) is 5.14. The van der Waals surface area contributed by atoms with Crippen molar-refractivity contribution in [2.75, 3.05) is 56.7 Å². The lowest BCUT2D eigenvalue weighted by Gasteiger charge is -2.33. The number of ether oxygens (including phenoxy) is 1. The van der Waals surface area contributed by atoms with Crippen molar-refractivity contribution in [1.29, 1.82) is 0 Å². The Morgan fingerprint density at radius 2 is 1.84 bits per heavy atom. The van der Waals surface area contributed by atoms with Gasteiger partial charge in [-0.3, -0.25) is 9.59 Å². The van der Waals surface area contributed by atoms with Crippen LogP contribution in [0.5, 0.6) is 0 Å². The van der Waals surface area contributed by atoms with Gasteiger partial charge in [0.2, 0.25) is 11.9 Å². The topological polar surface area (TPSA) is 116 Å². The second-order valence-electron chi connectivity index (χ2n) is 11.9. The number of fused-ring (bicyclic) bond motifs is 1. The van der Waals surface area contributed by atoms with Crippen molar-refractivity contribution in [1.82, 2.24) is 30.1 Å². The van der Waals surface area contributed by atoms with E-state index in [4.69, 9.17) is 16.3 Å². The third kappa shape index (κ3) is 6.50. The van der Waals surface area contributed by atoms with Crippen molar-refractivity contribution < 1.29 is 14.3 Å². The zero-order chi connectivity index (χ0) is 30.8. The molecule has 2 N–H and O–H groups in total. The van der Waals surface area contributed by atoms with Gasteiger partial charge in [0, 0.05) is 69.3 Å². The summed E-state index contributed by atoms with van der Waals surface area (Å²) in [5.74, 6) is 1.01. The summed E-state index contributed by atoms with van der Waals surface area (Å²) >= 11 is 6.51. The van der Waals surface area contributed by atoms with Crippen LogP contribution in [-0.2, 0) is 16.1 Å². The Bertz CT molecular complexity index is 1520. The number of likely N-dealkylation sites (N-methyl/N-ethyl adjacent to an activating group) is 1. The molecule has 44 heavy (non-hydrogen) atoms. The van der Waals surface area contributed by atoms with E-state index in [0.29, 0.717) is 42.0 Å². The first-order valence-corrected chi connectivity index (χ1v) is 15.7. The predicted molar refractivity (Wildman–Crippen MR) is 170 cm³/mol. The molecule has 0 saturated carbocycles. The van der Waals surface area contributed by atoms with E-state index in [1.165, 1.54) is 0 Å². The zero-order valence-corrected chi connectivity index (χ0v) is 26.2. The van der Waals surface area contributed by atoms with Crippen LogP contribution < -0.4 is 15.5 Å². The minimum Gasteiger partial charge on any atom is -0.381 e. The minimum atomic E-state index is -0.655. The number of halogens is 1. The fourth-order valence-electron chi connectivity index (χ4n) is 5.92. The van der Waals surface area contributed by atoms with Crippen molar-refractivity contribution in [2.45, 2.75) is 51.4 Å².